The number of halogens is 1. The summed E-state index contributed by atoms with van der Waals surface area (Å²) in [5, 5.41) is 0.576. The van der Waals surface area contributed by atoms with Gasteiger partial charge in [-0.2, -0.15) is 0 Å². The molecule has 1 amide bonds. The number of benzene rings is 2. The molecule has 25 heavy (non-hydrogen) atoms. The molecule has 0 N–H and O–H groups in total. The van der Waals surface area contributed by atoms with Gasteiger partial charge in [0.15, 0.2) is 5.78 Å². The highest BCUT2D eigenvalue weighted by Gasteiger charge is 2.36. The second kappa shape index (κ2) is 7.07. The van der Waals surface area contributed by atoms with Crippen molar-refractivity contribution < 1.29 is 19.1 Å². The number of carbonyl (C=O) groups is 3. The number of para-hydroxylation sites is 1. The molecule has 2 aromatic rings. The zero-order valence-corrected chi connectivity index (χ0v) is 14.3. The van der Waals surface area contributed by atoms with E-state index in [0.29, 0.717) is 16.3 Å². The molecule has 0 aromatic heterocycles. The summed E-state index contributed by atoms with van der Waals surface area (Å²) in [7, 11) is 0. The van der Waals surface area contributed by atoms with E-state index < -0.39 is 11.9 Å². The van der Waals surface area contributed by atoms with Crippen LogP contribution in [-0.4, -0.2) is 24.2 Å². The number of esters is 1. The summed E-state index contributed by atoms with van der Waals surface area (Å²) >= 11 is 5.86. The van der Waals surface area contributed by atoms with Gasteiger partial charge in [-0.15, -0.1) is 0 Å². The van der Waals surface area contributed by atoms with Crippen LogP contribution >= 0.6 is 11.6 Å². The Balaban J connectivity index is 1.73. The van der Waals surface area contributed by atoms with Gasteiger partial charge >= 0.3 is 5.97 Å². The smallest absolute Gasteiger partial charge is 0.316 e. The molecule has 1 heterocycles. The number of nitrogens with zero attached hydrogens (tertiary/aromatic N) is 1. The van der Waals surface area contributed by atoms with Crippen LogP contribution < -0.4 is 9.64 Å². The number of ketones is 1. The van der Waals surface area contributed by atoms with Crippen LogP contribution in [0.15, 0.2) is 48.5 Å². The Morgan fingerprint density at radius 2 is 1.80 bits per heavy atom. The number of Topliss-reactive ketones (excluding diaryl/α,β-unsaturated/α-hetero) is 1. The first kappa shape index (κ1) is 17.2. The summed E-state index contributed by atoms with van der Waals surface area (Å²) in [6.45, 7) is 1.65. The third-order valence-corrected chi connectivity index (χ3v) is 4.33. The van der Waals surface area contributed by atoms with Crippen LogP contribution in [0.25, 0.3) is 0 Å². The third kappa shape index (κ3) is 3.72. The number of carbonyl (C=O) groups excluding carboxylic acids is 3. The largest absolute Gasteiger partial charge is 0.425 e. The molecule has 0 spiro atoms. The number of anilines is 1. The molecule has 2 aromatic carbocycles. The minimum Gasteiger partial charge on any atom is -0.425 e. The maximum absolute atomic E-state index is 12.4. The van der Waals surface area contributed by atoms with Gasteiger partial charge in [-0.05, 0) is 43.3 Å². The maximum atomic E-state index is 12.4. The summed E-state index contributed by atoms with van der Waals surface area (Å²) < 4.78 is 5.38. The van der Waals surface area contributed by atoms with Crippen molar-refractivity contribution in [2.24, 2.45) is 5.92 Å². The van der Waals surface area contributed by atoms with Gasteiger partial charge in [-0.1, -0.05) is 23.7 Å². The summed E-state index contributed by atoms with van der Waals surface area (Å²) in [5.41, 5.74) is 1.03. The van der Waals surface area contributed by atoms with Crippen molar-refractivity contribution in [2.45, 2.75) is 13.3 Å². The molecule has 0 bridgehead atoms. The molecule has 128 valence electrons. The lowest BCUT2D eigenvalue weighted by Crippen LogP contribution is -2.27. The normalized spacial score (nSPS) is 16.8. The number of hydrogen-bond donors (Lipinski definition) is 0. The number of hydrogen-bond acceptors (Lipinski definition) is 4. The van der Waals surface area contributed by atoms with Gasteiger partial charge in [0.25, 0.3) is 0 Å². The van der Waals surface area contributed by atoms with Gasteiger partial charge in [0, 0.05) is 23.7 Å². The topological polar surface area (TPSA) is 63.7 Å². The average Bonchev–Trinajstić information content (AvgIpc) is 2.98. The minimum atomic E-state index is -0.580. The lowest BCUT2D eigenvalue weighted by molar-refractivity contribution is -0.139. The van der Waals surface area contributed by atoms with Crippen LogP contribution in [0.4, 0.5) is 5.69 Å². The van der Waals surface area contributed by atoms with Crippen molar-refractivity contribution >= 4 is 34.9 Å². The zero-order chi connectivity index (χ0) is 18.0. The molecule has 0 radical (unpaired) electrons. The maximum Gasteiger partial charge on any atom is 0.316 e. The van der Waals surface area contributed by atoms with Crippen molar-refractivity contribution in [2.75, 3.05) is 11.4 Å². The zero-order valence-electron chi connectivity index (χ0n) is 13.6. The third-order valence-electron chi connectivity index (χ3n) is 4.07. The summed E-state index contributed by atoms with van der Waals surface area (Å²) in [4.78, 5) is 37.8. The highest BCUT2D eigenvalue weighted by Crippen LogP contribution is 2.28. The van der Waals surface area contributed by atoms with E-state index in [9.17, 15) is 14.4 Å². The molecule has 1 atom stereocenters. The van der Waals surface area contributed by atoms with Gasteiger partial charge in [-0.25, -0.2) is 0 Å². The quantitative estimate of drug-likeness (QED) is 0.477. The lowest BCUT2D eigenvalue weighted by Gasteiger charge is -2.16. The van der Waals surface area contributed by atoms with E-state index in [1.165, 1.54) is 6.92 Å². The minimum absolute atomic E-state index is 0.0731. The highest BCUT2D eigenvalue weighted by molar-refractivity contribution is 6.30. The van der Waals surface area contributed by atoms with Crippen LogP contribution in [-0.2, 0) is 9.59 Å². The fourth-order valence-electron chi connectivity index (χ4n) is 2.77. The van der Waals surface area contributed by atoms with Gasteiger partial charge in [-0.3, -0.25) is 14.4 Å². The van der Waals surface area contributed by atoms with Crippen molar-refractivity contribution in [3.63, 3.8) is 0 Å². The van der Waals surface area contributed by atoms with Crippen molar-refractivity contribution in [1.82, 2.24) is 0 Å². The van der Waals surface area contributed by atoms with Gasteiger partial charge < -0.3 is 9.64 Å². The SMILES string of the molecule is CC(=O)c1ccccc1OC(=O)C1CC(=O)N(c2ccc(Cl)cc2)C1. The number of rotatable bonds is 4. The molecule has 0 saturated carbocycles. The predicted octanol–water partition coefficient (Wildman–Crippen LogP) is 3.50. The van der Waals surface area contributed by atoms with E-state index in [4.69, 9.17) is 16.3 Å². The first-order valence-corrected chi connectivity index (χ1v) is 8.21. The van der Waals surface area contributed by atoms with E-state index in [0.717, 1.165) is 0 Å². The van der Waals surface area contributed by atoms with Crippen LogP contribution in [0.5, 0.6) is 5.75 Å². The number of ether oxygens (including phenoxy) is 1. The Morgan fingerprint density at radius 3 is 2.48 bits per heavy atom. The van der Waals surface area contributed by atoms with Gasteiger partial charge in [0.2, 0.25) is 5.91 Å². The first-order valence-electron chi connectivity index (χ1n) is 7.83. The fraction of sp³-hybridized carbons (Fsp3) is 0.211. The van der Waals surface area contributed by atoms with Gasteiger partial charge in [0.05, 0.1) is 11.5 Å². The number of amides is 1. The fourth-order valence-corrected chi connectivity index (χ4v) is 2.90. The molecule has 3 rings (SSSR count). The Morgan fingerprint density at radius 1 is 1.12 bits per heavy atom. The molecular weight excluding hydrogens is 342 g/mol. The highest BCUT2D eigenvalue weighted by atomic mass is 35.5. The summed E-state index contributed by atoms with van der Waals surface area (Å²) in [6, 6.07) is 13.4. The monoisotopic (exact) mass is 357 g/mol. The molecule has 0 aliphatic carbocycles. The standard InChI is InChI=1S/C19H16ClNO4/c1-12(22)16-4-2-3-5-17(16)25-19(24)13-10-18(23)21(11-13)15-8-6-14(20)7-9-15/h2-9,13H,10-11H2,1H3. The van der Waals surface area contributed by atoms with Crippen molar-refractivity contribution in [3.8, 4) is 5.75 Å². The predicted molar refractivity (Wildman–Crippen MR) is 94.0 cm³/mol. The van der Waals surface area contributed by atoms with Crippen LogP contribution in [0.2, 0.25) is 5.02 Å². The molecule has 1 fully saturated rings. The molecule has 6 heteroatoms. The van der Waals surface area contributed by atoms with E-state index in [1.807, 2.05) is 0 Å². The second-order valence-corrected chi connectivity index (χ2v) is 6.29. The summed E-state index contributed by atoms with van der Waals surface area (Å²) in [5.74, 6) is -1.21. The van der Waals surface area contributed by atoms with E-state index in [2.05, 4.69) is 0 Å². The first-order chi connectivity index (χ1) is 12.0. The van der Waals surface area contributed by atoms with Crippen LogP contribution in [0.3, 0.4) is 0 Å². The molecule has 1 saturated heterocycles. The van der Waals surface area contributed by atoms with Gasteiger partial charge in [0.1, 0.15) is 5.75 Å². The van der Waals surface area contributed by atoms with Crippen molar-refractivity contribution in [3.05, 3.63) is 59.1 Å². The molecule has 1 unspecified atom stereocenters. The molecule has 5 nitrogen and oxygen atoms in total. The molecule has 1 aliphatic rings. The summed E-state index contributed by atoms with van der Waals surface area (Å²) in [6.07, 6.45) is 0.0731. The van der Waals surface area contributed by atoms with E-state index in [-0.39, 0.29) is 30.4 Å². The average molecular weight is 358 g/mol. The van der Waals surface area contributed by atoms with Crippen molar-refractivity contribution in [1.29, 1.82) is 0 Å². The van der Waals surface area contributed by atoms with Crippen LogP contribution in [0, 0.1) is 5.92 Å². The second-order valence-electron chi connectivity index (χ2n) is 5.86. The van der Waals surface area contributed by atoms with E-state index in [1.54, 1.807) is 53.4 Å². The Kier molecular flexibility index (Phi) is 4.86. The lowest BCUT2D eigenvalue weighted by atomic mass is 10.1. The Labute approximate surface area is 150 Å². The molecule has 1 aliphatic heterocycles. The van der Waals surface area contributed by atoms with E-state index >= 15 is 0 Å². The molecular formula is C19H16ClNO4. The Bertz CT molecular complexity index is 832. The Hall–Kier alpha value is -2.66. The van der Waals surface area contributed by atoms with Crippen LogP contribution in [0.1, 0.15) is 23.7 Å².